The van der Waals surface area contributed by atoms with Gasteiger partial charge in [0.2, 0.25) is 13.6 Å². The number of rotatable bonds is 6. The third-order valence-electron chi connectivity index (χ3n) is 24.7. The first-order valence-electron chi connectivity index (χ1n) is 36.4. The number of aliphatic hydroxyl groups excluding tert-OH is 1. The maximum atomic E-state index is 14.7. The van der Waals surface area contributed by atoms with Gasteiger partial charge in [-0.25, -0.2) is 9.59 Å². The van der Waals surface area contributed by atoms with Crippen molar-refractivity contribution in [3.05, 3.63) is 125 Å². The van der Waals surface area contributed by atoms with Gasteiger partial charge >= 0.3 is 23.9 Å². The highest BCUT2D eigenvalue weighted by molar-refractivity contribution is 7.99. The van der Waals surface area contributed by atoms with Crippen molar-refractivity contribution < 1.29 is 102 Å². The Balaban J connectivity index is 0.000000173. The summed E-state index contributed by atoms with van der Waals surface area (Å²) >= 11 is 2.95. The first kappa shape index (κ1) is 77.0. The molecule has 6 aromatic carbocycles. The molecule has 0 aromatic heterocycles. The first-order chi connectivity index (χ1) is 52.4. The summed E-state index contributed by atoms with van der Waals surface area (Å²) in [4.78, 5) is 63.7. The number of phenols is 4. The maximum Gasteiger partial charge on any atom is 0.331 e. The van der Waals surface area contributed by atoms with E-state index in [-0.39, 0.29) is 99.7 Å². The number of aliphatic hydroxyl groups is 1. The second kappa shape index (κ2) is 28.4. The minimum Gasteiger partial charge on any atom is -0.504 e. The molecule has 20 rings (SSSR count). The average Bonchev–Trinajstić information content (AvgIpc) is 1.50. The molecule has 111 heavy (non-hydrogen) atoms. The van der Waals surface area contributed by atoms with Gasteiger partial charge in [0.25, 0.3) is 0 Å². The minimum atomic E-state index is -1.36. The number of methoxy groups -OCH3 is 4. The highest BCUT2D eigenvalue weighted by Gasteiger charge is 2.65. The Morgan fingerprint density at radius 2 is 0.964 bits per heavy atom. The van der Waals surface area contributed by atoms with Crippen molar-refractivity contribution in [3.8, 4) is 86.6 Å². The zero-order valence-corrected chi connectivity index (χ0v) is 63.8. The maximum absolute atomic E-state index is 14.7. The van der Waals surface area contributed by atoms with E-state index in [9.17, 15) is 50.0 Å². The number of nitriles is 1. The molecule has 0 aliphatic carbocycles. The van der Waals surface area contributed by atoms with E-state index in [1.54, 1.807) is 24.3 Å². The lowest BCUT2D eigenvalue weighted by atomic mass is 9.71. The average molecular weight is 1560 g/mol. The van der Waals surface area contributed by atoms with E-state index in [0.29, 0.717) is 140 Å². The number of fused-ring (bicyclic) bond motifs is 18. The number of thioether (sulfide) groups is 2. The number of hydrogen-bond donors (Lipinski definition) is 7. The van der Waals surface area contributed by atoms with Gasteiger partial charge in [-0.3, -0.25) is 39.8 Å². The Hall–Kier alpha value is -9.29. The number of aryl methyl sites for hydroxylation is 2. The molecule has 14 heterocycles. The lowest BCUT2D eigenvalue weighted by Crippen LogP contribution is -2.70. The number of ether oxygens (including phenoxy) is 12. The van der Waals surface area contributed by atoms with Crippen LogP contribution in [-0.2, 0) is 65.4 Å². The van der Waals surface area contributed by atoms with Crippen molar-refractivity contribution in [2.24, 2.45) is 0 Å². The molecule has 14 aliphatic rings. The van der Waals surface area contributed by atoms with Crippen LogP contribution in [0, 0.1) is 39.0 Å². The molecule has 0 saturated carbocycles. The van der Waals surface area contributed by atoms with Crippen LogP contribution in [0.5, 0.6) is 80.5 Å². The summed E-state index contributed by atoms with van der Waals surface area (Å²) in [6.45, 7) is 10.5. The summed E-state index contributed by atoms with van der Waals surface area (Å²) in [6.07, 6.45) is 1.02. The zero-order valence-electron chi connectivity index (χ0n) is 62.2. The molecule has 4 saturated heterocycles. The fourth-order valence-electron chi connectivity index (χ4n) is 20.2. The summed E-state index contributed by atoms with van der Waals surface area (Å²) in [5.74, 6) is 1.92. The van der Waals surface area contributed by atoms with Crippen molar-refractivity contribution in [2.45, 2.75) is 164 Å². The van der Waals surface area contributed by atoms with Crippen molar-refractivity contribution in [1.82, 2.24) is 30.2 Å². The van der Waals surface area contributed by atoms with Gasteiger partial charge in [-0.05, 0) is 136 Å². The number of nitrogens with one attached hydrogen (secondary N) is 2. The van der Waals surface area contributed by atoms with Gasteiger partial charge in [0.15, 0.2) is 80.1 Å². The summed E-state index contributed by atoms with van der Waals surface area (Å²) in [5.41, 5.74) is 8.77. The van der Waals surface area contributed by atoms with E-state index in [0.717, 1.165) is 33.4 Å². The monoisotopic (exact) mass is 1560 g/mol. The van der Waals surface area contributed by atoms with Crippen molar-refractivity contribution >= 4 is 47.4 Å². The van der Waals surface area contributed by atoms with E-state index < -0.39 is 94.0 Å². The molecule has 590 valence electrons. The van der Waals surface area contributed by atoms with E-state index in [2.05, 4.69) is 31.4 Å². The molecule has 14 atom stereocenters. The van der Waals surface area contributed by atoms with Gasteiger partial charge in [-0.1, -0.05) is 27.0 Å². The standard InChI is InChI=1S/C40H42N4O10S.C39H43N3O11S.2CH4/c1-17-9-21-10-23-24(13-41)44-25-14-51-39(48)40(22-12-27(49-5)26(46)11-20(22)7-8-42-40)15-55-38(32(44)31(43(23)4)28(21)33(47)34(17)50-6)30-29(25)37-36(52-16-53-37)18(2)35(30)54-19(3)45;1-16-9-20-10-22-37(46)42-23-13-50-38(47)39(21-12-25(48-5)24(44)11-19(21)7-8-40-39)14-54-36(30(42)29(41(22)4)26(20)31(45)32(16)49-6)28-27(23)35-34(51-15-52-35)17(2)33(28)53-18(3)43;;/h9,11-12,23-25,31-32,38,42,46-47H,7-8,10,14-16H2,1-6H3;9,11-12,22-23,29-30,36-37,40,44-46H,7-8,10,13-15H2,1-6H3;2*1H4/t23-,24-,25-,31+,32?,38+,40+;22-,23-,29+,30?,36+,37-,39+;;/m00../s1. The number of hydrogen-bond acceptors (Lipinski definition) is 30. The van der Waals surface area contributed by atoms with E-state index in [1.807, 2.05) is 58.8 Å². The second-order valence-electron chi connectivity index (χ2n) is 30.0. The number of phenolic OH excluding ortho intramolecular Hbond substituents is 4. The number of esters is 4. The molecule has 8 bridgehead atoms. The Morgan fingerprint density at radius 3 is 1.39 bits per heavy atom. The van der Waals surface area contributed by atoms with Crippen LogP contribution in [0.4, 0.5) is 0 Å². The van der Waals surface area contributed by atoms with Gasteiger partial charge in [0, 0.05) is 101 Å². The molecule has 2 spiro atoms. The third kappa shape index (κ3) is 11.1. The lowest BCUT2D eigenvalue weighted by Gasteiger charge is -2.62. The second-order valence-corrected chi connectivity index (χ2v) is 32.3. The van der Waals surface area contributed by atoms with Crippen LogP contribution in [0.1, 0.15) is 152 Å². The number of benzene rings is 6. The molecule has 6 aromatic rings. The van der Waals surface area contributed by atoms with Gasteiger partial charge < -0.3 is 82.4 Å². The van der Waals surface area contributed by atoms with E-state index in [1.165, 1.54) is 65.8 Å². The van der Waals surface area contributed by atoms with Crippen LogP contribution in [0.3, 0.4) is 0 Å². The third-order valence-corrected chi connectivity index (χ3v) is 27.6. The fraction of sp³-hybridized carbons (Fsp3) is 0.494. The van der Waals surface area contributed by atoms with Crippen LogP contribution >= 0.6 is 23.5 Å². The summed E-state index contributed by atoms with van der Waals surface area (Å²) in [7, 11) is 9.94. The Bertz CT molecular complexity index is 4960. The molecule has 4 fully saturated rings. The van der Waals surface area contributed by atoms with Crippen LogP contribution in [0.15, 0.2) is 36.4 Å². The summed E-state index contributed by atoms with van der Waals surface area (Å²) < 4.78 is 72.0. The molecule has 0 radical (unpaired) electrons. The van der Waals surface area contributed by atoms with E-state index in [4.69, 9.17) is 56.8 Å². The Morgan fingerprint density at radius 1 is 0.550 bits per heavy atom. The number of likely N-dealkylation sites (N-methyl/N-ethyl adjacent to an activating group) is 2. The number of nitrogens with zero attached hydrogens (tertiary/aromatic N) is 5. The lowest BCUT2D eigenvalue weighted by molar-refractivity contribution is -0.186. The Kier molecular flexibility index (Phi) is 19.7. The van der Waals surface area contributed by atoms with Gasteiger partial charge in [0.05, 0.1) is 75.2 Å². The predicted molar refractivity (Wildman–Crippen MR) is 406 cm³/mol. The molecule has 30 heteroatoms. The van der Waals surface area contributed by atoms with Crippen molar-refractivity contribution in [2.75, 3.05) is 93.9 Å². The molecular formula is C81H93N7O21S2. The van der Waals surface area contributed by atoms with Crippen LogP contribution in [-0.4, -0.2) is 199 Å². The highest BCUT2D eigenvalue weighted by Crippen LogP contribution is 2.68. The molecule has 0 amide bonds. The SMILES string of the molecule is C.C.COc1cc2c(cc1O)CCN[C@]21CS[C@@H]2c3c(OC(C)=O)c(C)c4c(c3[C@H](COC1=O)N1C2[C@H]2c3c(cc(C)c(OC)c3O)C[C@@H]([C@@H]1C#N)N2C)OCO4.COc1cc2c(cc1O)CCN[C@]21CS[C@@H]2c3c(OC(C)=O)c(C)c4c(c3[C@H](COC1=O)N1C2[C@H]2c3c(cc(C)c(OC)c3O)C[C@@H]([C@@H]1O)N2C)OCO4. The van der Waals surface area contributed by atoms with Crippen LogP contribution in [0.25, 0.3) is 0 Å². The minimum absolute atomic E-state index is 0. The summed E-state index contributed by atoms with van der Waals surface area (Å²) in [6, 6.07) is 8.41. The largest absolute Gasteiger partial charge is 0.504 e. The van der Waals surface area contributed by atoms with Crippen LogP contribution in [0.2, 0.25) is 0 Å². The molecule has 7 N–H and O–H groups in total. The topological polar surface area (TPSA) is 341 Å². The molecule has 2 unspecified atom stereocenters. The van der Waals surface area contributed by atoms with E-state index >= 15 is 0 Å². The Labute approximate surface area is 651 Å². The quantitative estimate of drug-likeness (QED) is 0.0605. The number of carbonyl (C=O) groups is 4. The summed E-state index contributed by atoms with van der Waals surface area (Å²) in [5, 5.41) is 75.0. The number of carbonyl (C=O) groups excluding carboxylic acids is 4. The first-order valence-corrected chi connectivity index (χ1v) is 38.5. The zero-order chi connectivity index (χ0) is 76.6. The highest BCUT2D eigenvalue weighted by atomic mass is 32.2. The van der Waals surface area contributed by atoms with Crippen LogP contribution < -0.4 is 58.0 Å². The fourth-order valence-corrected chi connectivity index (χ4v) is 23.6. The molecule has 14 aliphatic heterocycles. The van der Waals surface area contributed by atoms with Crippen molar-refractivity contribution in [1.29, 1.82) is 5.26 Å². The molecular weight excluding hydrogens is 1470 g/mol. The smallest absolute Gasteiger partial charge is 0.331 e. The number of aromatic hydroxyl groups is 4. The number of piperazine rings is 2. The normalized spacial score (nSPS) is 28.6. The molecule has 28 nitrogen and oxygen atoms in total. The predicted octanol–water partition coefficient (Wildman–Crippen LogP) is 8.67. The van der Waals surface area contributed by atoms with Gasteiger partial charge in [-0.2, -0.15) is 5.26 Å². The van der Waals surface area contributed by atoms with Gasteiger partial charge in [0.1, 0.15) is 37.0 Å². The van der Waals surface area contributed by atoms with Crippen molar-refractivity contribution in [3.63, 3.8) is 0 Å². The van der Waals surface area contributed by atoms with Gasteiger partial charge in [-0.15, -0.1) is 23.5 Å².